The number of hydrogen-bond acceptors (Lipinski definition) is 2. The number of unbranched alkanes of at least 4 members (excludes halogenated alkanes) is 19. The molecule has 4 nitrogen and oxygen atoms in total. The Kier molecular flexibility index (Phi) is 23.9. The Morgan fingerprint density at radius 3 is 1.22 bits per heavy atom. The van der Waals surface area contributed by atoms with Crippen LogP contribution < -0.4 is 4.72 Å². The van der Waals surface area contributed by atoms with Crippen molar-refractivity contribution in [3.8, 4) is 0 Å². The molecular weight excluding hydrogens is 464 g/mol. The molecule has 218 valence electrons. The smallest absolute Gasteiger partial charge is 0.216 e. The van der Waals surface area contributed by atoms with Crippen molar-refractivity contribution in [1.82, 2.24) is 4.72 Å². The van der Waals surface area contributed by atoms with Crippen LogP contribution in [0, 0.1) is 0 Å². The van der Waals surface area contributed by atoms with Crippen molar-refractivity contribution in [1.29, 1.82) is 0 Å². The minimum atomic E-state index is -3.19. The molecule has 2 unspecified atom stereocenters. The second-order valence-corrected chi connectivity index (χ2v) is 13.5. The second-order valence-electron chi connectivity index (χ2n) is 11.6. The van der Waals surface area contributed by atoms with Crippen LogP contribution in [0.2, 0.25) is 0 Å². The SMILES string of the molecule is CCCCCCCCCCCCCCCCCCCCCCS(=O)(=O)NC(CC)[N+](C)(CC)CCC. The van der Waals surface area contributed by atoms with Crippen molar-refractivity contribution in [2.75, 3.05) is 25.9 Å². The molecule has 0 aliphatic rings. The summed E-state index contributed by atoms with van der Waals surface area (Å²) in [6.45, 7) is 10.7. The minimum Gasteiger partial charge on any atom is -0.311 e. The number of rotatable bonds is 28. The molecule has 2 atom stereocenters. The van der Waals surface area contributed by atoms with Gasteiger partial charge < -0.3 is 4.48 Å². The molecule has 0 saturated carbocycles. The Hall–Kier alpha value is -0.130. The largest absolute Gasteiger partial charge is 0.311 e. The van der Waals surface area contributed by atoms with Crippen LogP contribution in [0.1, 0.15) is 169 Å². The molecule has 0 aromatic carbocycles. The first-order valence-electron chi connectivity index (χ1n) is 16.2. The van der Waals surface area contributed by atoms with Gasteiger partial charge in [0.15, 0.2) is 6.17 Å². The van der Waals surface area contributed by atoms with Crippen LogP contribution in [-0.2, 0) is 10.0 Å². The van der Waals surface area contributed by atoms with Gasteiger partial charge in [-0.1, -0.05) is 143 Å². The zero-order chi connectivity index (χ0) is 27.0. The molecule has 0 aromatic rings. The summed E-state index contributed by atoms with van der Waals surface area (Å²) in [6, 6.07) is 0. The summed E-state index contributed by atoms with van der Waals surface area (Å²) in [5, 5.41) is 0. The maximum absolute atomic E-state index is 12.6. The number of nitrogens with zero attached hydrogens (tertiary/aromatic N) is 1. The fraction of sp³-hybridized carbons (Fsp3) is 1.00. The first-order valence-corrected chi connectivity index (χ1v) is 17.8. The maximum Gasteiger partial charge on any atom is 0.216 e. The summed E-state index contributed by atoms with van der Waals surface area (Å²) in [5.74, 6) is 0.276. The Bertz CT molecular complexity index is 567. The third-order valence-electron chi connectivity index (χ3n) is 8.18. The van der Waals surface area contributed by atoms with Gasteiger partial charge in [0, 0.05) is 6.42 Å². The summed E-state index contributed by atoms with van der Waals surface area (Å²) in [6.07, 6.45) is 28.7. The molecule has 1 N–H and O–H groups in total. The van der Waals surface area contributed by atoms with E-state index in [2.05, 4.69) is 39.5 Å². The normalized spacial score (nSPS) is 14.7. The van der Waals surface area contributed by atoms with E-state index in [0.29, 0.717) is 0 Å². The maximum atomic E-state index is 12.6. The van der Waals surface area contributed by atoms with E-state index in [4.69, 9.17) is 0 Å². The average molecular weight is 532 g/mol. The van der Waals surface area contributed by atoms with E-state index in [1.807, 2.05) is 0 Å². The fourth-order valence-corrected chi connectivity index (χ4v) is 7.05. The van der Waals surface area contributed by atoms with Gasteiger partial charge in [0.25, 0.3) is 0 Å². The van der Waals surface area contributed by atoms with Gasteiger partial charge in [-0.15, -0.1) is 0 Å². The fourth-order valence-electron chi connectivity index (χ4n) is 5.51. The van der Waals surface area contributed by atoms with Crippen LogP contribution >= 0.6 is 0 Å². The predicted molar refractivity (Wildman–Crippen MR) is 161 cm³/mol. The Morgan fingerprint density at radius 1 is 0.556 bits per heavy atom. The molecular formula is C31H67N2O2S+. The third kappa shape index (κ3) is 19.9. The van der Waals surface area contributed by atoms with Crippen molar-refractivity contribution < 1.29 is 12.9 Å². The lowest BCUT2D eigenvalue weighted by atomic mass is 10.0. The highest BCUT2D eigenvalue weighted by Gasteiger charge is 2.32. The molecule has 0 aromatic heterocycles. The van der Waals surface area contributed by atoms with Crippen LogP contribution in [0.15, 0.2) is 0 Å². The number of nitrogens with one attached hydrogen (secondary N) is 1. The van der Waals surface area contributed by atoms with Gasteiger partial charge in [0.2, 0.25) is 10.0 Å². The molecule has 0 aliphatic carbocycles. The third-order valence-corrected chi connectivity index (χ3v) is 9.64. The van der Waals surface area contributed by atoms with Gasteiger partial charge >= 0.3 is 0 Å². The number of quaternary nitrogens is 1. The van der Waals surface area contributed by atoms with Crippen LogP contribution in [0.25, 0.3) is 0 Å². The highest BCUT2D eigenvalue weighted by molar-refractivity contribution is 7.89. The summed E-state index contributed by atoms with van der Waals surface area (Å²) < 4.78 is 29.1. The Morgan fingerprint density at radius 2 is 0.917 bits per heavy atom. The first kappa shape index (κ1) is 35.9. The molecule has 0 bridgehead atoms. The van der Waals surface area contributed by atoms with Crippen LogP contribution in [0.5, 0.6) is 0 Å². The van der Waals surface area contributed by atoms with Gasteiger partial charge in [-0.2, -0.15) is 4.72 Å². The van der Waals surface area contributed by atoms with Crippen LogP contribution in [0.4, 0.5) is 0 Å². The molecule has 0 aliphatic heterocycles. The molecule has 0 fully saturated rings. The van der Waals surface area contributed by atoms with Crippen molar-refractivity contribution in [3.63, 3.8) is 0 Å². The Labute approximate surface area is 228 Å². The number of sulfonamides is 1. The second kappa shape index (κ2) is 23.9. The highest BCUT2D eigenvalue weighted by Crippen LogP contribution is 2.16. The van der Waals surface area contributed by atoms with E-state index < -0.39 is 10.0 Å². The van der Waals surface area contributed by atoms with E-state index in [1.165, 1.54) is 116 Å². The molecule has 0 radical (unpaired) electrons. The molecule has 36 heavy (non-hydrogen) atoms. The number of hydrogen-bond donors (Lipinski definition) is 1. The summed E-state index contributed by atoms with van der Waals surface area (Å²) in [5.41, 5.74) is 0. The lowest BCUT2D eigenvalue weighted by molar-refractivity contribution is -0.933. The van der Waals surface area contributed by atoms with Crippen LogP contribution in [0.3, 0.4) is 0 Å². The Balaban J connectivity index is 3.58. The quantitative estimate of drug-likeness (QED) is 0.0621. The lowest BCUT2D eigenvalue weighted by Gasteiger charge is -2.40. The summed E-state index contributed by atoms with van der Waals surface area (Å²) in [7, 11) is -1.02. The van der Waals surface area contributed by atoms with Gasteiger partial charge in [-0.3, -0.25) is 0 Å². The van der Waals surface area contributed by atoms with Crippen molar-refractivity contribution in [2.45, 2.75) is 175 Å². The molecule has 5 heteroatoms. The average Bonchev–Trinajstić information content (AvgIpc) is 2.86. The highest BCUT2D eigenvalue weighted by atomic mass is 32.2. The molecule has 0 heterocycles. The van der Waals surface area contributed by atoms with E-state index in [0.717, 1.165) is 43.3 Å². The van der Waals surface area contributed by atoms with E-state index in [-0.39, 0.29) is 11.9 Å². The van der Waals surface area contributed by atoms with Crippen molar-refractivity contribution in [3.05, 3.63) is 0 Å². The zero-order valence-electron chi connectivity index (χ0n) is 25.4. The van der Waals surface area contributed by atoms with Crippen molar-refractivity contribution in [2.24, 2.45) is 0 Å². The minimum absolute atomic E-state index is 0.00921. The van der Waals surface area contributed by atoms with Gasteiger partial charge in [0.05, 0.1) is 25.9 Å². The zero-order valence-corrected chi connectivity index (χ0v) is 26.2. The van der Waals surface area contributed by atoms with Gasteiger partial charge in [-0.05, 0) is 19.8 Å². The monoisotopic (exact) mass is 531 g/mol. The molecule has 0 amide bonds. The van der Waals surface area contributed by atoms with Gasteiger partial charge in [-0.25, -0.2) is 8.42 Å². The standard InChI is InChI=1S/C31H67N2O2S/c1-6-10-11-12-13-14-15-16-17-18-19-20-21-22-23-24-25-26-27-28-30-36(34,35)32-31(8-3)33(5,9-4)29-7-2/h31-32H,6-30H2,1-5H3/q+1. The summed E-state index contributed by atoms with van der Waals surface area (Å²) >= 11 is 0. The summed E-state index contributed by atoms with van der Waals surface area (Å²) in [4.78, 5) is 0. The van der Waals surface area contributed by atoms with Crippen molar-refractivity contribution >= 4 is 10.0 Å². The molecule has 0 spiro atoms. The van der Waals surface area contributed by atoms with E-state index >= 15 is 0 Å². The van der Waals surface area contributed by atoms with E-state index in [9.17, 15) is 8.42 Å². The molecule has 0 saturated heterocycles. The predicted octanol–water partition coefficient (Wildman–Crippen LogP) is 9.34. The molecule has 0 rings (SSSR count). The van der Waals surface area contributed by atoms with Crippen LogP contribution in [-0.4, -0.2) is 45.0 Å². The lowest BCUT2D eigenvalue weighted by Crippen LogP contribution is -2.60. The topological polar surface area (TPSA) is 46.2 Å². The van der Waals surface area contributed by atoms with E-state index in [1.54, 1.807) is 0 Å². The van der Waals surface area contributed by atoms with Gasteiger partial charge in [0.1, 0.15) is 0 Å². The first-order chi connectivity index (χ1) is 17.3.